The molecule has 0 unspecified atom stereocenters. The predicted octanol–water partition coefficient (Wildman–Crippen LogP) is 1.52. The number of anilines is 1. The van der Waals surface area contributed by atoms with Gasteiger partial charge in [0.15, 0.2) is 0 Å². The van der Waals surface area contributed by atoms with E-state index in [1.54, 1.807) is 20.8 Å². The molecule has 1 rings (SSSR count). The van der Waals surface area contributed by atoms with Gasteiger partial charge in [0.05, 0.1) is 7.11 Å². The van der Waals surface area contributed by atoms with Crippen LogP contribution in [0.2, 0.25) is 0 Å². The van der Waals surface area contributed by atoms with Gasteiger partial charge in [-0.05, 0) is 20.8 Å². The third-order valence-electron chi connectivity index (χ3n) is 1.79. The van der Waals surface area contributed by atoms with Gasteiger partial charge in [-0.15, -0.1) is 0 Å². The summed E-state index contributed by atoms with van der Waals surface area (Å²) in [6.45, 7) is 5.24. The minimum absolute atomic E-state index is 0.0552. The zero-order valence-electron chi connectivity index (χ0n) is 11.4. The van der Waals surface area contributed by atoms with E-state index >= 15 is 0 Å². The first-order valence-electron chi connectivity index (χ1n) is 5.39. The summed E-state index contributed by atoms with van der Waals surface area (Å²) >= 11 is 0.884. The topological polar surface area (TPSA) is 93.7 Å². The van der Waals surface area contributed by atoms with E-state index in [0.29, 0.717) is 0 Å². The molecule has 106 valence electrons. The van der Waals surface area contributed by atoms with Crippen molar-refractivity contribution in [2.45, 2.75) is 26.4 Å². The molecule has 0 saturated carbocycles. The monoisotopic (exact) mass is 288 g/mol. The Kier molecular flexibility index (Phi) is 4.78. The van der Waals surface area contributed by atoms with Crippen molar-refractivity contribution >= 4 is 28.7 Å². The van der Waals surface area contributed by atoms with E-state index in [1.165, 1.54) is 14.2 Å². The van der Waals surface area contributed by atoms with Crippen molar-refractivity contribution in [1.29, 1.82) is 0 Å². The van der Waals surface area contributed by atoms with Gasteiger partial charge in [0.1, 0.15) is 5.60 Å². The lowest BCUT2D eigenvalue weighted by atomic mass is 10.2. The highest BCUT2D eigenvalue weighted by Crippen LogP contribution is 2.14. The van der Waals surface area contributed by atoms with E-state index in [1.807, 2.05) is 0 Å². The molecule has 0 saturated heterocycles. The Labute approximate surface area is 114 Å². The molecule has 0 radical (unpaired) electrons. The Balaban J connectivity index is 2.65. The molecule has 1 heterocycles. The van der Waals surface area contributed by atoms with Gasteiger partial charge < -0.3 is 4.74 Å². The van der Waals surface area contributed by atoms with Crippen LogP contribution in [0.15, 0.2) is 0 Å². The first-order chi connectivity index (χ1) is 8.73. The molecule has 0 aromatic carbocycles. The largest absolute Gasteiger partial charge is 0.444 e. The SMILES string of the molecule is CON(C)C(=O)c1nsc(NC(=O)OC(C)(C)C)n1. The molecule has 0 aliphatic rings. The molecular weight excluding hydrogens is 272 g/mol. The minimum atomic E-state index is -0.650. The maximum atomic E-state index is 11.6. The lowest BCUT2D eigenvalue weighted by molar-refractivity contribution is -0.0763. The molecule has 9 heteroatoms. The van der Waals surface area contributed by atoms with Gasteiger partial charge in [0.2, 0.25) is 11.0 Å². The van der Waals surface area contributed by atoms with E-state index in [2.05, 4.69) is 14.7 Å². The van der Waals surface area contributed by atoms with Gasteiger partial charge in [-0.25, -0.2) is 9.86 Å². The van der Waals surface area contributed by atoms with Crippen molar-refractivity contribution < 1.29 is 19.2 Å². The van der Waals surface area contributed by atoms with Gasteiger partial charge in [0.25, 0.3) is 0 Å². The molecule has 0 aliphatic heterocycles. The summed E-state index contributed by atoms with van der Waals surface area (Å²) in [5.41, 5.74) is -0.607. The number of hydrogen-bond acceptors (Lipinski definition) is 7. The lowest BCUT2D eigenvalue weighted by Crippen LogP contribution is -2.27. The number of amides is 2. The van der Waals surface area contributed by atoms with E-state index in [0.717, 1.165) is 16.6 Å². The third kappa shape index (κ3) is 4.79. The zero-order valence-corrected chi connectivity index (χ0v) is 12.2. The normalized spacial score (nSPS) is 11.0. The van der Waals surface area contributed by atoms with Crippen LogP contribution in [0.3, 0.4) is 0 Å². The van der Waals surface area contributed by atoms with Crippen LogP contribution in [-0.4, -0.2) is 46.2 Å². The summed E-state index contributed by atoms with van der Waals surface area (Å²) in [5, 5.41) is 3.57. The number of aromatic nitrogens is 2. The first-order valence-corrected chi connectivity index (χ1v) is 6.16. The van der Waals surface area contributed by atoms with Crippen LogP contribution in [0, 0.1) is 0 Å². The summed E-state index contributed by atoms with van der Waals surface area (Å²) < 4.78 is 8.87. The van der Waals surface area contributed by atoms with Gasteiger partial charge in [0, 0.05) is 18.6 Å². The van der Waals surface area contributed by atoms with Crippen molar-refractivity contribution in [3.63, 3.8) is 0 Å². The molecule has 2 amide bonds. The van der Waals surface area contributed by atoms with Crippen LogP contribution in [0.25, 0.3) is 0 Å². The van der Waals surface area contributed by atoms with Crippen molar-refractivity contribution in [3.05, 3.63) is 5.82 Å². The molecule has 0 aliphatic carbocycles. The van der Waals surface area contributed by atoms with Crippen molar-refractivity contribution in [2.75, 3.05) is 19.5 Å². The average molecular weight is 288 g/mol. The third-order valence-corrected chi connectivity index (χ3v) is 2.42. The van der Waals surface area contributed by atoms with Crippen molar-refractivity contribution in [1.82, 2.24) is 14.4 Å². The highest BCUT2D eigenvalue weighted by Gasteiger charge is 2.20. The maximum Gasteiger partial charge on any atom is 0.414 e. The lowest BCUT2D eigenvalue weighted by Gasteiger charge is -2.18. The van der Waals surface area contributed by atoms with Crippen molar-refractivity contribution in [2.24, 2.45) is 0 Å². The summed E-state index contributed by atoms with van der Waals surface area (Å²) in [6.07, 6.45) is -0.650. The number of carbonyl (C=O) groups excluding carboxylic acids is 2. The van der Waals surface area contributed by atoms with Gasteiger partial charge in [-0.2, -0.15) is 9.36 Å². The Morgan fingerprint density at radius 1 is 1.37 bits per heavy atom. The molecule has 1 aromatic rings. The summed E-state index contributed by atoms with van der Waals surface area (Å²) in [4.78, 5) is 31.7. The maximum absolute atomic E-state index is 11.6. The average Bonchev–Trinajstić information content (AvgIpc) is 2.72. The number of nitrogens with zero attached hydrogens (tertiary/aromatic N) is 3. The fourth-order valence-electron chi connectivity index (χ4n) is 0.976. The zero-order chi connectivity index (χ0) is 14.6. The van der Waals surface area contributed by atoms with Crippen LogP contribution in [0.4, 0.5) is 9.93 Å². The van der Waals surface area contributed by atoms with E-state index in [9.17, 15) is 9.59 Å². The second-order valence-corrected chi connectivity index (χ2v) is 5.29. The molecule has 1 aromatic heterocycles. The molecule has 8 nitrogen and oxygen atoms in total. The summed E-state index contributed by atoms with van der Waals surface area (Å²) in [7, 11) is 2.79. The first kappa shape index (κ1) is 15.3. The molecule has 19 heavy (non-hydrogen) atoms. The Morgan fingerprint density at radius 2 is 2.00 bits per heavy atom. The van der Waals surface area contributed by atoms with Crippen LogP contribution in [0.1, 0.15) is 31.4 Å². The van der Waals surface area contributed by atoms with E-state index in [-0.39, 0.29) is 11.0 Å². The molecule has 0 fully saturated rings. The fraction of sp³-hybridized carbons (Fsp3) is 0.600. The fourth-order valence-corrected chi connectivity index (χ4v) is 1.52. The quantitative estimate of drug-likeness (QED) is 0.847. The number of ether oxygens (including phenoxy) is 1. The smallest absolute Gasteiger partial charge is 0.414 e. The Morgan fingerprint density at radius 3 is 2.53 bits per heavy atom. The van der Waals surface area contributed by atoms with Crippen molar-refractivity contribution in [3.8, 4) is 0 Å². The Hall–Kier alpha value is -1.74. The van der Waals surface area contributed by atoms with Gasteiger partial charge in [-0.1, -0.05) is 0 Å². The number of nitrogens with one attached hydrogen (secondary N) is 1. The predicted molar refractivity (Wildman–Crippen MR) is 68.9 cm³/mol. The standard InChI is InChI=1S/C10H16N4O4S/c1-10(2,3)18-9(16)12-8-11-6(13-19-8)7(15)14(4)17-5/h1-5H3,(H,11,12,13,16). The highest BCUT2D eigenvalue weighted by atomic mass is 32.1. The Bertz CT molecular complexity index is 468. The molecule has 0 spiro atoms. The van der Waals surface area contributed by atoms with E-state index < -0.39 is 17.6 Å². The second-order valence-electron chi connectivity index (χ2n) is 4.54. The van der Waals surface area contributed by atoms with Gasteiger partial charge in [-0.3, -0.25) is 14.9 Å². The van der Waals surface area contributed by atoms with E-state index in [4.69, 9.17) is 9.57 Å². The van der Waals surface area contributed by atoms with Crippen LogP contribution in [-0.2, 0) is 9.57 Å². The minimum Gasteiger partial charge on any atom is -0.444 e. The summed E-state index contributed by atoms with van der Waals surface area (Å²) in [5.74, 6) is -0.559. The second kappa shape index (κ2) is 5.93. The van der Waals surface area contributed by atoms with Crippen LogP contribution < -0.4 is 5.32 Å². The summed E-state index contributed by atoms with van der Waals surface area (Å²) in [6, 6.07) is 0. The molecule has 1 N–H and O–H groups in total. The number of hydroxylamine groups is 2. The van der Waals surface area contributed by atoms with Gasteiger partial charge >= 0.3 is 12.0 Å². The molecule has 0 bridgehead atoms. The molecular formula is C10H16N4O4S. The number of carbonyl (C=O) groups is 2. The highest BCUT2D eigenvalue weighted by molar-refractivity contribution is 7.10. The number of hydrogen-bond donors (Lipinski definition) is 1. The van der Waals surface area contributed by atoms with Crippen LogP contribution in [0.5, 0.6) is 0 Å². The van der Waals surface area contributed by atoms with Crippen LogP contribution >= 0.6 is 11.5 Å². The molecule has 0 atom stereocenters. The number of rotatable bonds is 3.